The Bertz CT molecular complexity index is 123. The maximum Gasteiger partial charge on any atom is 0.0685 e. The summed E-state index contributed by atoms with van der Waals surface area (Å²) in [5.41, 5.74) is 5.01. The monoisotopic (exact) mass is 157 g/mol. The van der Waals surface area contributed by atoms with Crippen LogP contribution in [0, 0.1) is 5.92 Å². The molecule has 0 amide bonds. The van der Waals surface area contributed by atoms with Gasteiger partial charge in [-0.25, -0.2) is 0 Å². The Labute approximate surface area is 68.8 Å². The molecule has 0 bridgehead atoms. The largest absolute Gasteiger partial charge is 0.390 e. The van der Waals surface area contributed by atoms with E-state index in [0.717, 1.165) is 12.8 Å². The Hall–Kier alpha value is -0.0800. The molecule has 0 saturated heterocycles. The fraction of sp³-hybridized carbons (Fsp3) is 1.00. The van der Waals surface area contributed by atoms with Gasteiger partial charge in [-0.05, 0) is 38.1 Å². The molecule has 11 heavy (non-hydrogen) atoms. The van der Waals surface area contributed by atoms with Crippen molar-refractivity contribution in [2.45, 2.75) is 44.6 Å². The summed E-state index contributed by atoms with van der Waals surface area (Å²) in [5, 5.41) is 10.1. The highest BCUT2D eigenvalue weighted by molar-refractivity contribution is 4.90. The summed E-state index contributed by atoms with van der Waals surface area (Å²) >= 11 is 0. The summed E-state index contributed by atoms with van der Waals surface area (Å²) in [5.74, 6) is 0.538. The topological polar surface area (TPSA) is 46.2 Å². The van der Waals surface area contributed by atoms with Gasteiger partial charge in [0.15, 0.2) is 0 Å². The molecule has 2 nitrogen and oxygen atoms in total. The summed E-state index contributed by atoms with van der Waals surface area (Å²) < 4.78 is 0. The second-order valence-electron chi connectivity index (χ2n) is 3.62. The van der Waals surface area contributed by atoms with Gasteiger partial charge in [-0.15, -0.1) is 0 Å². The van der Waals surface area contributed by atoms with E-state index >= 15 is 0 Å². The third kappa shape index (κ3) is 1.74. The van der Waals surface area contributed by atoms with Gasteiger partial charge in [0.25, 0.3) is 0 Å². The molecule has 0 heterocycles. The van der Waals surface area contributed by atoms with E-state index in [9.17, 15) is 5.11 Å². The van der Waals surface area contributed by atoms with Gasteiger partial charge in [0.1, 0.15) is 0 Å². The van der Waals surface area contributed by atoms with Crippen molar-refractivity contribution in [2.75, 3.05) is 6.54 Å². The second-order valence-corrected chi connectivity index (χ2v) is 3.62. The fourth-order valence-electron chi connectivity index (χ4n) is 1.87. The number of hydrogen-bond acceptors (Lipinski definition) is 2. The third-order valence-electron chi connectivity index (χ3n) is 3.05. The van der Waals surface area contributed by atoms with Gasteiger partial charge in [-0.1, -0.05) is 13.3 Å². The van der Waals surface area contributed by atoms with Crippen molar-refractivity contribution in [3.05, 3.63) is 0 Å². The summed E-state index contributed by atoms with van der Waals surface area (Å²) in [4.78, 5) is 0. The van der Waals surface area contributed by atoms with Gasteiger partial charge in [0, 0.05) is 0 Å². The van der Waals surface area contributed by atoms with Gasteiger partial charge in [0.2, 0.25) is 0 Å². The lowest BCUT2D eigenvalue weighted by Crippen LogP contribution is -2.42. The Morgan fingerprint density at radius 2 is 2.18 bits per heavy atom. The van der Waals surface area contributed by atoms with Crippen LogP contribution in [0.1, 0.15) is 39.0 Å². The van der Waals surface area contributed by atoms with Gasteiger partial charge in [0.05, 0.1) is 5.60 Å². The molecular weight excluding hydrogens is 138 g/mol. The van der Waals surface area contributed by atoms with E-state index in [2.05, 4.69) is 0 Å². The predicted octanol–water partition coefficient (Wildman–Crippen LogP) is 1.28. The van der Waals surface area contributed by atoms with Crippen LogP contribution >= 0.6 is 0 Å². The SMILES string of the molecule is CCC(O)(CCN)C1CCC1. The van der Waals surface area contributed by atoms with E-state index < -0.39 is 5.60 Å². The Balaban J connectivity index is 2.43. The molecule has 1 aliphatic rings. The highest BCUT2D eigenvalue weighted by atomic mass is 16.3. The quantitative estimate of drug-likeness (QED) is 0.645. The third-order valence-corrected chi connectivity index (χ3v) is 3.05. The molecule has 0 aromatic heterocycles. The van der Waals surface area contributed by atoms with Crippen molar-refractivity contribution in [3.8, 4) is 0 Å². The van der Waals surface area contributed by atoms with Crippen LogP contribution in [-0.2, 0) is 0 Å². The van der Waals surface area contributed by atoms with Crippen molar-refractivity contribution in [3.63, 3.8) is 0 Å². The summed E-state index contributed by atoms with van der Waals surface area (Å²) in [7, 11) is 0. The maximum atomic E-state index is 10.1. The van der Waals surface area contributed by atoms with E-state index in [1.807, 2.05) is 6.92 Å². The van der Waals surface area contributed by atoms with Crippen molar-refractivity contribution < 1.29 is 5.11 Å². The average molecular weight is 157 g/mol. The summed E-state index contributed by atoms with van der Waals surface area (Å²) in [6.45, 7) is 2.66. The molecule has 0 radical (unpaired) electrons. The van der Waals surface area contributed by atoms with Crippen molar-refractivity contribution in [2.24, 2.45) is 11.7 Å². The van der Waals surface area contributed by atoms with Crippen LogP contribution in [0.15, 0.2) is 0 Å². The van der Waals surface area contributed by atoms with E-state index in [0.29, 0.717) is 12.5 Å². The van der Waals surface area contributed by atoms with Crippen LogP contribution in [0.4, 0.5) is 0 Å². The van der Waals surface area contributed by atoms with Crippen molar-refractivity contribution in [1.82, 2.24) is 0 Å². The normalized spacial score (nSPS) is 24.3. The summed E-state index contributed by atoms with van der Waals surface area (Å²) in [6.07, 6.45) is 5.31. The number of nitrogens with two attached hydrogens (primary N) is 1. The average Bonchev–Trinajstić information content (AvgIpc) is 1.84. The van der Waals surface area contributed by atoms with Gasteiger partial charge in [-0.2, -0.15) is 0 Å². The molecule has 0 aliphatic heterocycles. The zero-order valence-corrected chi connectivity index (χ0v) is 7.34. The van der Waals surface area contributed by atoms with Gasteiger partial charge in [-0.3, -0.25) is 0 Å². The highest BCUT2D eigenvalue weighted by Crippen LogP contribution is 2.39. The predicted molar refractivity (Wildman–Crippen MR) is 46.3 cm³/mol. The molecule has 0 spiro atoms. The molecule has 3 N–H and O–H groups in total. The molecule has 1 saturated carbocycles. The smallest absolute Gasteiger partial charge is 0.0685 e. The molecule has 1 fully saturated rings. The molecule has 1 rings (SSSR count). The van der Waals surface area contributed by atoms with Crippen LogP contribution in [0.2, 0.25) is 0 Å². The van der Waals surface area contributed by atoms with E-state index in [1.54, 1.807) is 0 Å². The van der Waals surface area contributed by atoms with Gasteiger partial charge >= 0.3 is 0 Å². The van der Waals surface area contributed by atoms with Crippen LogP contribution in [0.25, 0.3) is 0 Å². The molecule has 0 aromatic rings. The van der Waals surface area contributed by atoms with Gasteiger partial charge < -0.3 is 10.8 Å². The Morgan fingerprint density at radius 3 is 2.45 bits per heavy atom. The first-order valence-electron chi connectivity index (χ1n) is 4.65. The first-order valence-corrected chi connectivity index (χ1v) is 4.65. The van der Waals surface area contributed by atoms with Crippen LogP contribution in [0.3, 0.4) is 0 Å². The first-order chi connectivity index (χ1) is 5.23. The zero-order valence-electron chi connectivity index (χ0n) is 7.34. The minimum atomic E-state index is -0.437. The zero-order chi connectivity index (χ0) is 8.32. The minimum absolute atomic E-state index is 0.437. The Morgan fingerprint density at radius 1 is 1.55 bits per heavy atom. The van der Waals surface area contributed by atoms with E-state index in [-0.39, 0.29) is 0 Å². The lowest BCUT2D eigenvalue weighted by Gasteiger charge is -2.41. The molecule has 2 heteroatoms. The number of aliphatic hydroxyl groups is 1. The number of rotatable bonds is 4. The Kier molecular flexibility index (Phi) is 2.90. The molecule has 1 aliphatic carbocycles. The maximum absolute atomic E-state index is 10.1. The second kappa shape index (κ2) is 3.55. The van der Waals surface area contributed by atoms with Crippen LogP contribution in [-0.4, -0.2) is 17.3 Å². The summed E-state index contributed by atoms with van der Waals surface area (Å²) in [6, 6.07) is 0. The van der Waals surface area contributed by atoms with E-state index in [1.165, 1.54) is 19.3 Å². The lowest BCUT2D eigenvalue weighted by atomic mass is 9.70. The standard InChI is InChI=1S/C9H19NO/c1-2-9(11,6-7-10)8-4-3-5-8/h8,11H,2-7,10H2,1H3. The van der Waals surface area contributed by atoms with Crippen LogP contribution < -0.4 is 5.73 Å². The van der Waals surface area contributed by atoms with E-state index in [4.69, 9.17) is 5.73 Å². The lowest BCUT2D eigenvalue weighted by molar-refractivity contribution is -0.0578. The van der Waals surface area contributed by atoms with Crippen molar-refractivity contribution >= 4 is 0 Å². The minimum Gasteiger partial charge on any atom is -0.390 e. The van der Waals surface area contributed by atoms with Crippen molar-refractivity contribution in [1.29, 1.82) is 0 Å². The van der Waals surface area contributed by atoms with Crippen LogP contribution in [0.5, 0.6) is 0 Å². The molecule has 0 aromatic carbocycles. The number of hydrogen-bond donors (Lipinski definition) is 2. The molecule has 1 atom stereocenters. The molecular formula is C9H19NO. The first kappa shape index (κ1) is 9.01. The fourth-order valence-corrected chi connectivity index (χ4v) is 1.87. The molecule has 66 valence electrons. The molecule has 1 unspecified atom stereocenters. The highest BCUT2D eigenvalue weighted by Gasteiger charge is 2.37.